The summed E-state index contributed by atoms with van der Waals surface area (Å²) < 4.78 is 0. The molecule has 0 saturated carbocycles. The second kappa shape index (κ2) is 12.6. The normalized spacial score (nSPS) is 11.3. The first-order valence-corrected chi connectivity index (χ1v) is 16.7. The van der Waals surface area contributed by atoms with E-state index in [1.165, 1.54) is 78.7 Å². The molecule has 226 valence electrons. The molecule has 0 aliphatic heterocycles. The monoisotopic (exact) mass is 603 g/mol. The first-order valence-electron chi connectivity index (χ1n) is 16.7. The third-order valence-electron chi connectivity index (χ3n) is 9.38. The lowest BCUT2D eigenvalue weighted by Crippen LogP contribution is -2.11. The standard InChI is InChI=1S/C46H37N/c1-2-3-12-33-21-22-40-32-46(44-20-10-9-19-43(44)45(40)29-33)47(41-27-25-36(26-28-41)34-13-5-4-6-14-34)42-18-11-17-38(31-42)39-24-23-35-15-7-8-16-37(35)30-39/h4-11,13-32H,2-3,12H2,1H3. The summed E-state index contributed by atoms with van der Waals surface area (Å²) in [5, 5.41) is 7.62. The lowest BCUT2D eigenvalue weighted by Gasteiger charge is -2.28. The number of fused-ring (bicyclic) bond motifs is 4. The van der Waals surface area contributed by atoms with Crippen LogP contribution >= 0.6 is 0 Å². The number of hydrogen-bond donors (Lipinski definition) is 0. The van der Waals surface area contributed by atoms with Crippen LogP contribution in [0, 0.1) is 0 Å². The van der Waals surface area contributed by atoms with E-state index in [0.29, 0.717) is 0 Å². The molecule has 8 rings (SSSR count). The van der Waals surface area contributed by atoms with Gasteiger partial charge in [-0.2, -0.15) is 0 Å². The van der Waals surface area contributed by atoms with Gasteiger partial charge in [0.2, 0.25) is 0 Å². The first kappa shape index (κ1) is 28.8. The number of nitrogens with zero attached hydrogens (tertiary/aromatic N) is 1. The van der Waals surface area contributed by atoms with Crippen LogP contribution in [0.25, 0.3) is 54.6 Å². The minimum Gasteiger partial charge on any atom is -0.310 e. The molecule has 0 amide bonds. The molecule has 0 spiro atoms. The van der Waals surface area contributed by atoms with Gasteiger partial charge >= 0.3 is 0 Å². The number of rotatable bonds is 8. The van der Waals surface area contributed by atoms with Crippen molar-refractivity contribution in [2.45, 2.75) is 26.2 Å². The van der Waals surface area contributed by atoms with E-state index in [1.54, 1.807) is 0 Å². The Bertz CT molecular complexity index is 2330. The average molecular weight is 604 g/mol. The summed E-state index contributed by atoms with van der Waals surface area (Å²) in [5.74, 6) is 0. The van der Waals surface area contributed by atoms with E-state index in [4.69, 9.17) is 0 Å². The Morgan fingerprint density at radius 3 is 1.89 bits per heavy atom. The Hall–Kier alpha value is -5.66. The van der Waals surface area contributed by atoms with Crippen LogP contribution < -0.4 is 4.90 Å². The summed E-state index contributed by atoms with van der Waals surface area (Å²) in [5.41, 5.74) is 9.70. The number of anilines is 3. The van der Waals surface area contributed by atoms with Crippen molar-refractivity contribution in [2.24, 2.45) is 0 Å². The molecule has 0 aromatic heterocycles. The molecule has 8 aromatic carbocycles. The summed E-state index contributed by atoms with van der Waals surface area (Å²) in [6, 6.07) is 62.3. The Labute approximate surface area is 277 Å². The molecular weight excluding hydrogens is 567 g/mol. The second-order valence-electron chi connectivity index (χ2n) is 12.5. The Balaban J connectivity index is 1.32. The SMILES string of the molecule is CCCCc1ccc2cc(N(c3ccc(-c4ccccc4)cc3)c3cccc(-c4ccc5ccccc5c4)c3)c3ccccc3c2c1. The highest BCUT2D eigenvalue weighted by Crippen LogP contribution is 2.43. The third kappa shape index (κ3) is 5.66. The molecule has 0 unspecified atom stereocenters. The molecule has 0 saturated heterocycles. The maximum atomic E-state index is 2.44. The molecule has 1 nitrogen and oxygen atoms in total. The highest BCUT2D eigenvalue weighted by molar-refractivity contribution is 6.14. The molecule has 0 fully saturated rings. The van der Waals surface area contributed by atoms with Gasteiger partial charge in [-0.25, -0.2) is 0 Å². The van der Waals surface area contributed by atoms with E-state index in [1.807, 2.05) is 0 Å². The van der Waals surface area contributed by atoms with Gasteiger partial charge in [0, 0.05) is 16.8 Å². The van der Waals surface area contributed by atoms with Gasteiger partial charge in [0.25, 0.3) is 0 Å². The van der Waals surface area contributed by atoms with Crippen LogP contribution in [0.4, 0.5) is 17.1 Å². The summed E-state index contributed by atoms with van der Waals surface area (Å²) in [6.07, 6.45) is 3.53. The van der Waals surface area contributed by atoms with Gasteiger partial charge in [-0.15, -0.1) is 0 Å². The molecule has 0 atom stereocenters. The molecule has 0 radical (unpaired) electrons. The molecule has 0 aliphatic rings. The average Bonchev–Trinajstić information content (AvgIpc) is 3.15. The maximum absolute atomic E-state index is 2.44. The fourth-order valence-corrected chi connectivity index (χ4v) is 6.90. The van der Waals surface area contributed by atoms with Crippen molar-refractivity contribution >= 4 is 49.4 Å². The van der Waals surface area contributed by atoms with Crippen LogP contribution in [0.1, 0.15) is 25.3 Å². The lowest BCUT2D eigenvalue weighted by atomic mass is 9.95. The van der Waals surface area contributed by atoms with E-state index < -0.39 is 0 Å². The molecule has 0 heterocycles. The van der Waals surface area contributed by atoms with Crippen molar-refractivity contribution in [3.8, 4) is 22.3 Å². The quantitative estimate of drug-likeness (QED) is 0.156. The van der Waals surface area contributed by atoms with E-state index in [9.17, 15) is 0 Å². The third-order valence-corrected chi connectivity index (χ3v) is 9.38. The van der Waals surface area contributed by atoms with Crippen molar-refractivity contribution in [1.82, 2.24) is 0 Å². The van der Waals surface area contributed by atoms with Gasteiger partial charge in [0.1, 0.15) is 0 Å². The van der Waals surface area contributed by atoms with Gasteiger partial charge in [0.15, 0.2) is 0 Å². The van der Waals surface area contributed by atoms with Crippen molar-refractivity contribution in [3.05, 3.63) is 175 Å². The number of hydrogen-bond acceptors (Lipinski definition) is 1. The highest BCUT2D eigenvalue weighted by atomic mass is 15.1. The number of aryl methyl sites for hydroxylation is 1. The summed E-state index contributed by atoms with van der Waals surface area (Å²) >= 11 is 0. The van der Waals surface area contributed by atoms with Crippen LogP contribution in [0.2, 0.25) is 0 Å². The Morgan fingerprint density at radius 1 is 0.404 bits per heavy atom. The Morgan fingerprint density at radius 2 is 1.06 bits per heavy atom. The van der Waals surface area contributed by atoms with Crippen LogP contribution in [-0.4, -0.2) is 0 Å². The lowest BCUT2D eigenvalue weighted by molar-refractivity contribution is 0.796. The van der Waals surface area contributed by atoms with Crippen LogP contribution in [0.15, 0.2) is 170 Å². The molecule has 8 aromatic rings. The van der Waals surface area contributed by atoms with Crippen molar-refractivity contribution in [1.29, 1.82) is 0 Å². The molecule has 0 bridgehead atoms. The van der Waals surface area contributed by atoms with Crippen LogP contribution in [0.5, 0.6) is 0 Å². The largest absolute Gasteiger partial charge is 0.310 e. The maximum Gasteiger partial charge on any atom is 0.0546 e. The molecule has 47 heavy (non-hydrogen) atoms. The molecule has 1 heteroatoms. The van der Waals surface area contributed by atoms with Gasteiger partial charge in [-0.3, -0.25) is 0 Å². The zero-order chi connectivity index (χ0) is 31.6. The van der Waals surface area contributed by atoms with E-state index >= 15 is 0 Å². The van der Waals surface area contributed by atoms with Gasteiger partial charge in [-0.05, 0) is 104 Å². The van der Waals surface area contributed by atoms with Crippen molar-refractivity contribution in [2.75, 3.05) is 4.90 Å². The highest BCUT2D eigenvalue weighted by Gasteiger charge is 2.18. The fourth-order valence-electron chi connectivity index (χ4n) is 6.90. The van der Waals surface area contributed by atoms with Gasteiger partial charge in [-0.1, -0.05) is 147 Å². The van der Waals surface area contributed by atoms with E-state index in [2.05, 4.69) is 182 Å². The zero-order valence-electron chi connectivity index (χ0n) is 26.7. The smallest absolute Gasteiger partial charge is 0.0546 e. The topological polar surface area (TPSA) is 3.24 Å². The first-order chi connectivity index (χ1) is 23.2. The molecule has 0 N–H and O–H groups in total. The van der Waals surface area contributed by atoms with E-state index in [0.717, 1.165) is 17.8 Å². The fraction of sp³-hybridized carbons (Fsp3) is 0.0870. The Kier molecular flexibility index (Phi) is 7.73. The van der Waals surface area contributed by atoms with Crippen molar-refractivity contribution < 1.29 is 0 Å². The minimum absolute atomic E-state index is 1.12. The summed E-state index contributed by atoms with van der Waals surface area (Å²) in [6.45, 7) is 2.26. The zero-order valence-corrected chi connectivity index (χ0v) is 26.7. The van der Waals surface area contributed by atoms with Crippen LogP contribution in [0.3, 0.4) is 0 Å². The second-order valence-corrected chi connectivity index (χ2v) is 12.5. The minimum atomic E-state index is 1.12. The van der Waals surface area contributed by atoms with Crippen molar-refractivity contribution in [3.63, 3.8) is 0 Å². The van der Waals surface area contributed by atoms with Gasteiger partial charge in [0.05, 0.1) is 5.69 Å². The predicted molar refractivity (Wildman–Crippen MR) is 203 cm³/mol. The molecular formula is C46H37N. The number of benzene rings is 8. The van der Waals surface area contributed by atoms with Crippen LogP contribution in [-0.2, 0) is 6.42 Å². The summed E-state index contributed by atoms with van der Waals surface area (Å²) in [4.78, 5) is 2.44. The van der Waals surface area contributed by atoms with Gasteiger partial charge < -0.3 is 4.90 Å². The molecule has 0 aliphatic carbocycles. The van der Waals surface area contributed by atoms with E-state index in [-0.39, 0.29) is 0 Å². The summed E-state index contributed by atoms with van der Waals surface area (Å²) in [7, 11) is 0. The predicted octanol–water partition coefficient (Wildman–Crippen LogP) is 13.3. The number of unbranched alkanes of at least 4 members (excludes halogenated alkanes) is 1.